The molecule has 0 saturated heterocycles. The van der Waals surface area contributed by atoms with Gasteiger partial charge >= 0.3 is 0 Å². The van der Waals surface area contributed by atoms with Crippen LogP contribution < -0.4 is 5.32 Å². The second kappa shape index (κ2) is 5.91. The molecule has 0 saturated carbocycles. The minimum absolute atomic E-state index is 0.00761. The average Bonchev–Trinajstić information content (AvgIpc) is 2.93. The summed E-state index contributed by atoms with van der Waals surface area (Å²) < 4.78 is 0. The molecule has 0 unspecified atom stereocenters. The predicted molar refractivity (Wildman–Crippen MR) is 87.2 cm³/mol. The number of amides is 1. The van der Waals surface area contributed by atoms with Crippen molar-refractivity contribution in [2.24, 2.45) is 0 Å². The number of Topliss-reactive ketones (excluding diaryl/α,β-unsaturated/α-hetero) is 1. The van der Waals surface area contributed by atoms with Crippen LogP contribution in [0.15, 0.2) is 36.8 Å². The first-order valence-corrected chi connectivity index (χ1v) is 7.17. The third kappa shape index (κ3) is 2.86. The van der Waals surface area contributed by atoms with Gasteiger partial charge in [0.25, 0.3) is 11.7 Å². The van der Waals surface area contributed by atoms with Crippen LogP contribution in [0.3, 0.4) is 0 Å². The van der Waals surface area contributed by atoms with Gasteiger partial charge in [0, 0.05) is 29.5 Å². The van der Waals surface area contributed by atoms with E-state index in [1.807, 2.05) is 0 Å². The first-order valence-electron chi connectivity index (χ1n) is 6.42. The quantitative estimate of drug-likeness (QED) is 0.498. The van der Waals surface area contributed by atoms with Crippen LogP contribution in [0.1, 0.15) is 10.4 Å². The summed E-state index contributed by atoms with van der Waals surface area (Å²) in [4.78, 5) is 31.1. The van der Waals surface area contributed by atoms with E-state index in [4.69, 9.17) is 23.2 Å². The number of phenols is 1. The first kappa shape index (κ1) is 15.3. The van der Waals surface area contributed by atoms with E-state index in [-0.39, 0.29) is 27.0 Å². The molecule has 0 spiro atoms. The van der Waals surface area contributed by atoms with Crippen molar-refractivity contribution in [2.75, 3.05) is 5.32 Å². The molecule has 2 heterocycles. The summed E-state index contributed by atoms with van der Waals surface area (Å²) >= 11 is 11.8. The van der Waals surface area contributed by atoms with Gasteiger partial charge in [-0.1, -0.05) is 23.2 Å². The van der Waals surface area contributed by atoms with Crippen LogP contribution in [0, 0.1) is 0 Å². The van der Waals surface area contributed by atoms with Crippen LogP contribution in [0.2, 0.25) is 10.0 Å². The highest BCUT2D eigenvalue weighted by atomic mass is 35.5. The second-order valence-corrected chi connectivity index (χ2v) is 5.51. The summed E-state index contributed by atoms with van der Waals surface area (Å²) in [7, 11) is 0. The lowest BCUT2D eigenvalue weighted by Crippen LogP contribution is -2.23. The van der Waals surface area contributed by atoms with Crippen LogP contribution in [-0.4, -0.2) is 26.8 Å². The molecule has 2 aromatic heterocycles. The van der Waals surface area contributed by atoms with E-state index >= 15 is 0 Å². The minimum Gasteiger partial charge on any atom is -0.508 e. The Bertz CT molecular complexity index is 917. The van der Waals surface area contributed by atoms with E-state index in [0.29, 0.717) is 10.9 Å². The molecule has 1 aromatic carbocycles. The Balaban J connectivity index is 1.93. The number of nitrogens with zero attached hydrogens (tertiary/aromatic N) is 1. The lowest BCUT2D eigenvalue weighted by atomic mass is 10.1. The van der Waals surface area contributed by atoms with Gasteiger partial charge in [-0.05, 0) is 18.2 Å². The van der Waals surface area contributed by atoms with Crippen LogP contribution in [0.4, 0.5) is 5.69 Å². The molecule has 0 fully saturated rings. The number of aromatic nitrogens is 2. The van der Waals surface area contributed by atoms with E-state index in [1.54, 1.807) is 6.07 Å². The smallest absolute Gasteiger partial charge is 0.296 e. The van der Waals surface area contributed by atoms with Gasteiger partial charge in [-0.3, -0.25) is 14.6 Å². The van der Waals surface area contributed by atoms with Crippen molar-refractivity contribution >= 4 is 51.5 Å². The number of carbonyl (C=O) groups is 2. The maximum absolute atomic E-state index is 12.3. The molecule has 1 amide bonds. The summed E-state index contributed by atoms with van der Waals surface area (Å²) in [6, 6.07) is 4.48. The van der Waals surface area contributed by atoms with Gasteiger partial charge in [-0.2, -0.15) is 0 Å². The molecule has 23 heavy (non-hydrogen) atoms. The number of pyridine rings is 1. The molecule has 3 N–H and O–H groups in total. The Morgan fingerprint density at radius 1 is 1.17 bits per heavy atom. The second-order valence-electron chi connectivity index (χ2n) is 4.69. The molecule has 0 aliphatic heterocycles. The van der Waals surface area contributed by atoms with Crippen molar-refractivity contribution in [3.05, 3.63) is 52.4 Å². The number of hydrogen-bond acceptors (Lipinski definition) is 4. The largest absolute Gasteiger partial charge is 0.508 e. The first-order chi connectivity index (χ1) is 11.0. The number of hydrogen-bond donors (Lipinski definition) is 3. The van der Waals surface area contributed by atoms with Crippen molar-refractivity contribution in [3.63, 3.8) is 0 Å². The van der Waals surface area contributed by atoms with Gasteiger partial charge in [0.05, 0.1) is 21.3 Å². The molecule has 116 valence electrons. The van der Waals surface area contributed by atoms with E-state index in [9.17, 15) is 14.7 Å². The lowest BCUT2D eigenvalue weighted by molar-refractivity contribution is -0.112. The zero-order valence-corrected chi connectivity index (χ0v) is 12.9. The minimum atomic E-state index is -0.899. The number of ketones is 1. The Morgan fingerprint density at radius 3 is 2.57 bits per heavy atom. The molecule has 0 bridgehead atoms. The fourth-order valence-corrected chi connectivity index (χ4v) is 2.58. The Morgan fingerprint density at radius 2 is 1.87 bits per heavy atom. The number of fused-ring (bicyclic) bond motifs is 1. The lowest BCUT2D eigenvalue weighted by Gasteiger charge is -2.07. The molecule has 0 radical (unpaired) electrons. The highest BCUT2D eigenvalue weighted by Gasteiger charge is 2.22. The van der Waals surface area contributed by atoms with Gasteiger partial charge in [0.2, 0.25) is 0 Å². The number of phenolic OH excluding ortho intramolecular Hbond substituents is 1. The summed E-state index contributed by atoms with van der Waals surface area (Å²) in [5.41, 5.74) is 0.873. The van der Waals surface area contributed by atoms with E-state index in [1.165, 1.54) is 30.7 Å². The Labute approximate surface area is 140 Å². The van der Waals surface area contributed by atoms with Crippen molar-refractivity contribution in [1.29, 1.82) is 0 Å². The van der Waals surface area contributed by atoms with Crippen molar-refractivity contribution in [3.8, 4) is 5.75 Å². The van der Waals surface area contributed by atoms with Crippen LogP contribution in [0.25, 0.3) is 10.9 Å². The summed E-state index contributed by atoms with van der Waals surface area (Å²) in [5, 5.41) is 12.6. The molecule has 8 heteroatoms. The fourth-order valence-electron chi connectivity index (χ4n) is 2.12. The van der Waals surface area contributed by atoms with E-state index in [2.05, 4.69) is 15.3 Å². The van der Waals surface area contributed by atoms with Gasteiger partial charge in [-0.15, -0.1) is 0 Å². The van der Waals surface area contributed by atoms with Crippen LogP contribution in [0.5, 0.6) is 5.75 Å². The molecule has 6 nitrogen and oxygen atoms in total. The molecular formula is C15H9Cl2N3O3. The molecule has 0 atom stereocenters. The highest BCUT2D eigenvalue weighted by Crippen LogP contribution is 2.29. The molecule has 3 aromatic rings. The SMILES string of the molecule is O=C(Nc1c(Cl)cncc1Cl)C(=O)c1c[nH]c2ccc(O)cc12. The number of aromatic hydroxyl groups is 1. The van der Waals surface area contributed by atoms with Gasteiger partial charge in [0.15, 0.2) is 0 Å². The number of aromatic amines is 1. The number of nitrogens with one attached hydrogen (secondary N) is 2. The van der Waals surface area contributed by atoms with Crippen LogP contribution >= 0.6 is 23.2 Å². The third-order valence-electron chi connectivity index (χ3n) is 3.21. The number of H-pyrrole nitrogens is 1. The van der Waals surface area contributed by atoms with E-state index < -0.39 is 11.7 Å². The Hall–Kier alpha value is -2.57. The van der Waals surface area contributed by atoms with Gasteiger partial charge < -0.3 is 15.4 Å². The van der Waals surface area contributed by atoms with Gasteiger partial charge in [0.1, 0.15) is 5.75 Å². The fraction of sp³-hybridized carbons (Fsp3) is 0. The molecule has 0 aliphatic rings. The van der Waals surface area contributed by atoms with Crippen molar-refractivity contribution in [1.82, 2.24) is 9.97 Å². The molecule has 0 aliphatic carbocycles. The maximum atomic E-state index is 12.3. The summed E-state index contributed by atoms with van der Waals surface area (Å²) in [6.45, 7) is 0. The molecular weight excluding hydrogens is 341 g/mol. The summed E-state index contributed by atoms with van der Waals surface area (Å²) in [6.07, 6.45) is 4.01. The maximum Gasteiger partial charge on any atom is 0.296 e. The standard InChI is InChI=1S/C15H9Cl2N3O3/c16-10-5-18-6-11(17)13(10)20-15(23)14(22)9-4-19-12-2-1-7(21)3-8(9)12/h1-6,19,21H,(H,18,20,23). The number of carbonyl (C=O) groups excluding carboxylic acids is 2. The van der Waals surface area contributed by atoms with Gasteiger partial charge in [-0.25, -0.2) is 0 Å². The van der Waals surface area contributed by atoms with Crippen LogP contribution in [-0.2, 0) is 4.79 Å². The number of rotatable bonds is 3. The number of benzene rings is 1. The number of anilines is 1. The Kier molecular flexibility index (Phi) is 3.94. The molecule has 3 rings (SSSR count). The highest BCUT2D eigenvalue weighted by molar-refractivity contribution is 6.50. The third-order valence-corrected chi connectivity index (χ3v) is 3.78. The number of halogens is 2. The normalized spacial score (nSPS) is 10.7. The summed E-state index contributed by atoms with van der Waals surface area (Å²) in [5.74, 6) is -1.69. The zero-order chi connectivity index (χ0) is 16.6. The monoisotopic (exact) mass is 349 g/mol. The van der Waals surface area contributed by atoms with Crippen molar-refractivity contribution < 1.29 is 14.7 Å². The van der Waals surface area contributed by atoms with Crippen molar-refractivity contribution in [2.45, 2.75) is 0 Å². The van der Waals surface area contributed by atoms with E-state index in [0.717, 1.165) is 0 Å². The predicted octanol–water partition coefficient (Wildman–Crippen LogP) is 3.40. The zero-order valence-electron chi connectivity index (χ0n) is 11.4. The average molecular weight is 350 g/mol. The topological polar surface area (TPSA) is 95.1 Å².